The van der Waals surface area contributed by atoms with E-state index in [-0.39, 0.29) is 18.6 Å². The van der Waals surface area contributed by atoms with Crippen LogP contribution in [0.4, 0.5) is 4.79 Å². The highest BCUT2D eigenvalue weighted by molar-refractivity contribution is 5.68. The molecule has 3 nitrogen and oxygen atoms in total. The minimum Gasteiger partial charge on any atom is -0.449 e. The van der Waals surface area contributed by atoms with Gasteiger partial charge in [-0.2, -0.15) is 0 Å². The zero-order valence-electron chi connectivity index (χ0n) is 13.7. The van der Waals surface area contributed by atoms with Crippen molar-refractivity contribution in [2.45, 2.75) is 26.8 Å². The Morgan fingerprint density at radius 2 is 1.77 bits per heavy atom. The van der Waals surface area contributed by atoms with E-state index < -0.39 is 6.09 Å². The molecule has 1 atom stereocenters. The second-order valence-electron chi connectivity index (χ2n) is 5.30. The van der Waals surface area contributed by atoms with Crippen molar-refractivity contribution in [3.8, 4) is 0 Å². The molecule has 0 radical (unpaired) electrons. The summed E-state index contributed by atoms with van der Waals surface area (Å²) in [6, 6.07) is 0.0449. The minimum atomic E-state index is -0.412. The van der Waals surface area contributed by atoms with Gasteiger partial charge in [0.25, 0.3) is 0 Å². The largest absolute Gasteiger partial charge is 0.449 e. The van der Waals surface area contributed by atoms with Crippen molar-refractivity contribution in [2.75, 3.05) is 6.61 Å². The van der Waals surface area contributed by atoms with Crippen LogP contribution in [0.3, 0.4) is 0 Å². The van der Waals surface area contributed by atoms with Gasteiger partial charge in [-0.3, -0.25) is 0 Å². The molecule has 118 valence electrons. The molecule has 0 fully saturated rings. The summed E-state index contributed by atoms with van der Waals surface area (Å²) in [5, 5.41) is 2.72. The molecule has 0 saturated carbocycles. The van der Waals surface area contributed by atoms with Gasteiger partial charge in [0.2, 0.25) is 0 Å². The maximum atomic E-state index is 11.7. The third kappa shape index (κ3) is 3.88. The summed E-state index contributed by atoms with van der Waals surface area (Å²) < 4.78 is 5.36. The van der Waals surface area contributed by atoms with E-state index in [4.69, 9.17) is 4.74 Å². The molecule has 1 N–H and O–H groups in total. The fourth-order valence-electron chi connectivity index (χ4n) is 2.56. The highest BCUT2D eigenvalue weighted by atomic mass is 16.5. The molecule has 3 heteroatoms. The summed E-state index contributed by atoms with van der Waals surface area (Å²) in [6.07, 6.45) is 8.98. The van der Waals surface area contributed by atoms with Gasteiger partial charge in [0.15, 0.2) is 0 Å². The minimum absolute atomic E-state index is 0.0449. The summed E-state index contributed by atoms with van der Waals surface area (Å²) in [5.74, 6) is -0.0485. The van der Waals surface area contributed by atoms with Gasteiger partial charge >= 0.3 is 6.09 Å². The molecule has 0 heterocycles. The maximum absolute atomic E-state index is 11.7. The molecule has 0 spiro atoms. The van der Waals surface area contributed by atoms with E-state index in [1.54, 1.807) is 12.2 Å². The Bertz CT molecular complexity index is 562. The van der Waals surface area contributed by atoms with Crippen LogP contribution in [0.25, 0.3) is 0 Å². The summed E-state index contributed by atoms with van der Waals surface area (Å²) in [5.41, 5.74) is 4.09. The number of amides is 1. The van der Waals surface area contributed by atoms with Crippen LogP contribution in [0.1, 0.15) is 20.8 Å². The van der Waals surface area contributed by atoms with Crippen molar-refractivity contribution in [2.24, 2.45) is 5.92 Å². The van der Waals surface area contributed by atoms with Crippen molar-refractivity contribution in [1.82, 2.24) is 5.32 Å². The van der Waals surface area contributed by atoms with Gasteiger partial charge < -0.3 is 10.1 Å². The van der Waals surface area contributed by atoms with Gasteiger partial charge in [-0.15, -0.1) is 0 Å². The molecule has 0 aromatic carbocycles. The molecule has 1 aliphatic carbocycles. The third-order valence-electron chi connectivity index (χ3n) is 3.43. The second kappa shape index (κ2) is 8.23. The number of alkyl carbamates (subject to hydrolysis) is 1. The van der Waals surface area contributed by atoms with E-state index in [0.717, 1.165) is 22.3 Å². The van der Waals surface area contributed by atoms with E-state index >= 15 is 0 Å². The first-order valence-electron chi connectivity index (χ1n) is 7.42. The molecule has 0 aliphatic heterocycles. The second-order valence-corrected chi connectivity index (χ2v) is 5.30. The number of allylic oxidation sites excluding steroid dienone is 7. The lowest BCUT2D eigenvalue weighted by molar-refractivity contribution is 0.136. The smallest absolute Gasteiger partial charge is 0.407 e. The predicted molar refractivity (Wildman–Crippen MR) is 92.6 cm³/mol. The molecule has 0 saturated heterocycles. The molecule has 0 bridgehead atoms. The molecule has 1 aliphatic rings. The van der Waals surface area contributed by atoms with Gasteiger partial charge in [-0.05, 0) is 43.1 Å². The zero-order chi connectivity index (χ0) is 16.7. The maximum Gasteiger partial charge on any atom is 0.407 e. The van der Waals surface area contributed by atoms with Gasteiger partial charge in [0.05, 0.1) is 0 Å². The van der Waals surface area contributed by atoms with Crippen LogP contribution in [-0.2, 0) is 4.74 Å². The van der Waals surface area contributed by atoms with E-state index in [2.05, 4.69) is 25.1 Å². The lowest BCUT2D eigenvalue weighted by atomic mass is 9.95. The van der Waals surface area contributed by atoms with E-state index in [9.17, 15) is 4.79 Å². The van der Waals surface area contributed by atoms with E-state index in [1.807, 2.05) is 39.0 Å². The van der Waals surface area contributed by atoms with Crippen LogP contribution in [0.5, 0.6) is 0 Å². The first-order chi connectivity index (χ1) is 10.5. The van der Waals surface area contributed by atoms with Crippen LogP contribution >= 0.6 is 0 Å². The van der Waals surface area contributed by atoms with Gasteiger partial charge in [-0.25, -0.2) is 4.79 Å². The Kier molecular flexibility index (Phi) is 6.64. The molecule has 0 aromatic heterocycles. The van der Waals surface area contributed by atoms with Gasteiger partial charge in [0, 0.05) is 12.0 Å². The average molecular weight is 299 g/mol. The van der Waals surface area contributed by atoms with E-state index in [0.29, 0.717) is 0 Å². The highest BCUT2D eigenvalue weighted by Gasteiger charge is 2.29. The quantitative estimate of drug-likeness (QED) is 0.753. The molecule has 1 unspecified atom stereocenters. The van der Waals surface area contributed by atoms with Crippen LogP contribution in [0, 0.1) is 5.92 Å². The first kappa shape index (κ1) is 17.8. The lowest BCUT2D eigenvalue weighted by Gasteiger charge is -2.17. The number of carbonyl (C=O) groups excluding carboxylic acids is 1. The topological polar surface area (TPSA) is 38.3 Å². The third-order valence-corrected chi connectivity index (χ3v) is 3.43. The summed E-state index contributed by atoms with van der Waals surface area (Å²) >= 11 is 0. The molecule has 1 amide bonds. The van der Waals surface area contributed by atoms with Crippen molar-refractivity contribution in [1.29, 1.82) is 0 Å². The van der Waals surface area contributed by atoms with Crippen LogP contribution in [0.15, 0.2) is 72.4 Å². The highest BCUT2D eigenvalue weighted by Crippen LogP contribution is 2.40. The zero-order valence-corrected chi connectivity index (χ0v) is 13.7. The average Bonchev–Trinajstić information content (AvgIpc) is 2.76. The summed E-state index contributed by atoms with van der Waals surface area (Å²) in [6.45, 7) is 17.6. The molecule has 1 rings (SSSR count). The number of carbonyl (C=O) groups is 1. The number of rotatable bonds is 7. The normalized spacial score (nSPS) is 18.1. The Hall–Kier alpha value is -2.29. The number of hydrogen-bond acceptors (Lipinski definition) is 2. The van der Waals surface area contributed by atoms with Crippen molar-refractivity contribution in [3.63, 3.8) is 0 Å². The Morgan fingerprint density at radius 1 is 1.18 bits per heavy atom. The molecule has 0 aromatic rings. The van der Waals surface area contributed by atoms with Crippen LogP contribution < -0.4 is 5.32 Å². The number of nitrogens with one attached hydrogen (secondary N) is 1. The summed E-state index contributed by atoms with van der Waals surface area (Å²) in [7, 11) is 0. The molecular formula is C19H25NO2. The predicted octanol–water partition coefficient (Wildman–Crippen LogP) is 4.48. The van der Waals surface area contributed by atoms with Crippen LogP contribution in [-0.4, -0.2) is 18.7 Å². The van der Waals surface area contributed by atoms with Gasteiger partial charge in [0.1, 0.15) is 6.61 Å². The van der Waals surface area contributed by atoms with Gasteiger partial charge in [-0.1, -0.05) is 50.1 Å². The van der Waals surface area contributed by atoms with E-state index in [1.165, 1.54) is 0 Å². The number of ether oxygens (including phenoxy) is 1. The Balaban J connectivity index is 3.07. The number of hydrogen-bond donors (Lipinski definition) is 1. The van der Waals surface area contributed by atoms with Crippen molar-refractivity contribution >= 4 is 6.09 Å². The van der Waals surface area contributed by atoms with Crippen LogP contribution in [0.2, 0.25) is 0 Å². The first-order valence-corrected chi connectivity index (χ1v) is 7.42. The van der Waals surface area contributed by atoms with Crippen molar-refractivity contribution in [3.05, 3.63) is 72.4 Å². The molecular weight excluding hydrogens is 274 g/mol. The molecule has 22 heavy (non-hydrogen) atoms. The Labute approximate surface area is 133 Å². The standard InChI is InChI=1S/C19H25NO2/c1-7-11-17-15(9-3)14(8-2)16(10-4)18(17)12-22-19(21)20-13(5)6/h7-11,13,18H,2-4,12H2,1,5-6H3,(H,20,21)/b11-7-. The van der Waals surface area contributed by atoms with Crippen molar-refractivity contribution < 1.29 is 9.53 Å². The lowest BCUT2D eigenvalue weighted by Crippen LogP contribution is -2.32. The fraction of sp³-hybridized carbons (Fsp3) is 0.316. The monoisotopic (exact) mass is 299 g/mol. The SMILES string of the molecule is C=CC1=C(C=C)C(COC(=O)NC(C)C)C(/C=C\C)=C1C=C. The summed E-state index contributed by atoms with van der Waals surface area (Å²) in [4.78, 5) is 11.7. The fourth-order valence-corrected chi connectivity index (χ4v) is 2.56. The Morgan fingerprint density at radius 3 is 2.23 bits per heavy atom.